The molecule has 23 heavy (non-hydrogen) atoms. The van der Waals surface area contributed by atoms with Crippen molar-refractivity contribution in [1.82, 2.24) is 0 Å². The van der Waals surface area contributed by atoms with Crippen LogP contribution >= 0.6 is 15.2 Å². The molecule has 0 aromatic heterocycles. The molecule has 0 saturated carbocycles. The molecule has 0 aliphatic carbocycles. The average Bonchev–Trinajstić information content (AvgIpc) is 2.34. The van der Waals surface area contributed by atoms with Crippen LogP contribution in [0.1, 0.15) is 58.3 Å². The van der Waals surface area contributed by atoms with Crippen molar-refractivity contribution in [2.75, 3.05) is 6.61 Å². The zero-order valence-corrected chi connectivity index (χ0v) is 25.9. The van der Waals surface area contributed by atoms with E-state index in [1.54, 1.807) is 0 Å². The van der Waals surface area contributed by atoms with Crippen LogP contribution in [0.2, 0.25) is 0 Å². The quantitative estimate of drug-likeness (QED) is 0.179. The molecule has 1 N–H and O–H groups in total. The first-order valence-corrected chi connectivity index (χ1v) is 10.1. The van der Waals surface area contributed by atoms with Crippen LogP contribution in [0.3, 0.4) is 0 Å². The Morgan fingerprint density at radius 3 is 1.65 bits per heavy atom. The second kappa shape index (κ2) is 20.4. The molecule has 0 bridgehead atoms. The van der Waals surface area contributed by atoms with Gasteiger partial charge in [-0.3, -0.25) is 0 Å². The third kappa shape index (κ3) is 20.2. The minimum absolute atomic E-state index is 0. The van der Waals surface area contributed by atoms with Crippen molar-refractivity contribution in [2.45, 2.75) is 63.9 Å². The Kier molecular flexibility index (Phi) is 31.6. The van der Waals surface area contributed by atoms with Crippen LogP contribution in [0.25, 0.3) is 0 Å². The maximum atomic E-state index is 11.2. The van der Waals surface area contributed by atoms with Gasteiger partial charge in [0.2, 0.25) is 0 Å². The molecule has 0 aliphatic heterocycles. The summed E-state index contributed by atoms with van der Waals surface area (Å²) in [5, 5.41) is 8.85. The molecular formula is C11H23K3O7P2. The maximum absolute atomic E-state index is 11.2. The largest absolute Gasteiger partial charge is 1.00 e. The van der Waals surface area contributed by atoms with E-state index < -0.39 is 20.8 Å². The predicted octanol–water partition coefficient (Wildman–Crippen LogP) is -8.10. The number of unbranched alkanes of at least 4 members (excludes halogenated alkanes) is 7. The molecule has 0 aromatic carbocycles. The van der Waals surface area contributed by atoms with E-state index in [-0.39, 0.29) is 161 Å². The molecule has 0 fully saturated rings. The molecule has 2 unspecified atom stereocenters. The van der Waals surface area contributed by atoms with Gasteiger partial charge in [0.15, 0.2) is 7.60 Å². The van der Waals surface area contributed by atoms with E-state index >= 15 is 0 Å². The minimum Gasteiger partial charge on any atom is -0.809 e. The fraction of sp³-hybridized carbons (Fsp3) is 1.00. The Labute approximate surface area is 266 Å². The molecule has 2 atom stereocenters. The molecule has 0 rings (SSSR count). The Bertz CT molecular complexity index is 355. The molecule has 0 amide bonds. The number of aliphatic hydroxyl groups excluding tert-OH is 1. The summed E-state index contributed by atoms with van der Waals surface area (Å²) in [5.41, 5.74) is -3.00. The molecule has 12 heteroatoms. The number of hydrogen-bond acceptors (Lipinski definition) is 7. The molecule has 122 valence electrons. The zero-order valence-electron chi connectivity index (χ0n) is 14.7. The average molecular weight is 447 g/mol. The van der Waals surface area contributed by atoms with Crippen LogP contribution in [0, 0.1) is 0 Å². The monoisotopic (exact) mass is 446 g/mol. The number of hydrogen-bond donors (Lipinski definition) is 1. The molecule has 0 heterocycles. The number of aliphatic hydroxyl groups is 1. The standard InChI is InChI=1S/C11H26O7P2.3K/c1-2-3-4-5-6-7-8-9-10-18-20(16,17)11(12)19(13,14)15;;;/h11-12H,2-10H2,1H3,(H,16,17)(H2,13,14,15);;;/q;3*+1/p-3. The molecule has 7 nitrogen and oxygen atoms in total. The van der Waals surface area contributed by atoms with Crippen molar-refractivity contribution in [3.63, 3.8) is 0 Å². The van der Waals surface area contributed by atoms with Crippen molar-refractivity contribution in [3.05, 3.63) is 0 Å². The van der Waals surface area contributed by atoms with Crippen LogP contribution < -0.4 is 169 Å². The van der Waals surface area contributed by atoms with Gasteiger partial charge in [-0.2, -0.15) is 0 Å². The third-order valence-corrected chi connectivity index (χ3v) is 6.21. The first-order chi connectivity index (χ1) is 9.22. The Hall–Kier alpha value is 5.17. The molecule has 0 aliphatic rings. The first-order valence-electron chi connectivity index (χ1n) is 6.87. The van der Waals surface area contributed by atoms with E-state index in [0.717, 1.165) is 25.7 Å². The normalized spacial score (nSPS) is 14.7. The summed E-state index contributed by atoms with van der Waals surface area (Å²) in [5.74, 6) is 0. The van der Waals surface area contributed by atoms with Gasteiger partial charge in [0.05, 0.1) is 6.61 Å². The Balaban J connectivity index is -0.000000602. The smallest absolute Gasteiger partial charge is 0.809 e. The Morgan fingerprint density at radius 2 is 1.26 bits per heavy atom. The summed E-state index contributed by atoms with van der Waals surface area (Å²) in [6, 6.07) is 0. The van der Waals surface area contributed by atoms with E-state index in [9.17, 15) is 23.8 Å². The summed E-state index contributed by atoms with van der Waals surface area (Å²) in [6.07, 6.45) is 7.93. The first kappa shape index (κ1) is 35.6. The summed E-state index contributed by atoms with van der Waals surface area (Å²) < 4.78 is 25.9. The fourth-order valence-corrected chi connectivity index (χ4v) is 3.77. The van der Waals surface area contributed by atoms with Crippen molar-refractivity contribution < 1.29 is 188 Å². The SMILES string of the molecule is CCCCCCCCCCOP(=O)([O-])C(O)P(=O)([O-])[O-].[K+].[K+].[K+]. The van der Waals surface area contributed by atoms with Gasteiger partial charge in [0, 0.05) is 0 Å². The van der Waals surface area contributed by atoms with Gasteiger partial charge in [0.25, 0.3) is 0 Å². The van der Waals surface area contributed by atoms with E-state index in [2.05, 4.69) is 11.4 Å². The summed E-state index contributed by atoms with van der Waals surface area (Å²) >= 11 is 0. The Morgan fingerprint density at radius 1 is 0.870 bits per heavy atom. The van der Waals surface area contributed by atoms with Gasteiger partial charge in [-0.1, -0.05) is 51.9 Å². The van der Waals surface area contributed by atoms with E-state index in [0.29, 0.717) is 6.42 Å². The van der Waals surface area contributed by atoms with Crippen LogP contribution in [-0.4, -0.2) is 17.3 Å². The molecule has 0 radical (unpaired) electrons. The second-order valence-corrected chi connectivity index (χ2v) is 8.54. The van der Waals surface area contributed by atoms with Gasteiger partial charge < -0.3 is 33.4 Å². The maximum Gasteiger partial charge on any atom is 1.00 e. The number of rotatable bonds is 12. The topological polar surface area (TPSA) is 133 Å². The fourth-order valence-electron chi connectivity index (χ4n) is 1.67. The molecular weight excluding hydrogens is 423 g/mol. The van der Waals surface area contributed by atoms with E-state index in [1.807, 2.05) is 0 Å². The van der Waals surface area contributed by atoms with E-state index in [4.69, 9.17) is 5.11 Å². The predicted molar refractivity (Wildman–Crippen MR) is 69.8 cm³/mol. The van der Waals surface area contributed by atoms with Crippen molar-refractivity contribution in [3.8, 4) is 0 Å². The van der Waals surface area contributed by atoms with Gasteiger partial charge in [-0.25, -0.2) is 0 Å². The van der Waals surface area contributed by atoms with Crippen LogP contribution in [-0.2, 0) is 13.7 Å². The van der Waals surface area contributed by atoms with Crippen molar-refractivity contribution in [2.24, 2.45) is 0 Å². The van der Waals surface area contributed by atoms with Crippen molar-refractivity contribution >= 4 is 15.2 Å². The van der Waals surface area contributed by atoms with Crippen LogP contribution in [0.5, 0.6) is 0 Å². The zero-order chi connectivity index (χ0) is 15.6. The van der Waals surface area contributed by atoms with Crippen LogP contribution in [0.4, 0.5) is 0 Å². The minimum atomic E-state index is -5.60. The summed E-state index contributed by atoms with van der Waals surface area (Å²) in [7, 11) is -10.7. The third-order valence-electron chi connectivity index (χ3n) is 2.83. The molecule has 0 saturated heterocycles. The summed E-state index contributed by atoms with van der Waals surface area (Å²) in [4.78, 5) is 32.0. The van der Waals surface area contributed by atoms with Gasteiger partial charge in [-0.05, 0) is 14.0 Å². The van der Waals surface area contributed by atoms with E-state index in [1.165, 1.54) is 19.3 Å². The van der Waals surface area contributed by atoms with Gasteiger partial charge in [0.1, 0.15) is 5.59 Å². The molecule has 0 aromatic rings. The van der Waals surface area contributed by atoms with Crippen molar-refractivity contribution in [1.29, 1.82) is 0 Å². The van der Waals surface area contributed by atoms with Crippen LogP contribution in [0.15, 0.2) is 0 Å². The molecule has 0 spiro atoms. The van der Waals surface area contributed by atoms with Gasteiger partial charge >= 0.3 is 154 Å². The van der Waals surface area contributed by atoms with Gasteiger partial charge in [-0.15, -0.1) is 0 Å². The summed E-state index contributed by atoms with van der Waals surface area (Å²) in [6.45, 7) is 1.92. The second-order valence-electron chi connectivity index (χ2n) is 4.73.